The average molecular weight is 488 g/mol. The van der Waals surface area contributed by atoms with Crippen LogP contribution in [0.2, 0.25) is 0 Å². The first-order valence-corrected chi connectivity index (χ1v) is 13.6. The zero-order chi connectivity index (χ0) is 25.3. The number of hydrogen-bond acceptors (Lipinski definition) is 4. The minimum atomic E-state index is -3.72. The highest BCUT2D eigenvalue weighted by molar-refractivity contribution is 7.92. The molecule has 2 aromatic rings. The second-order valence-electron chi connectivity index (χ2n) is 8.93. The molecule has 34 heavy (non-hydrogen) atoms. The molecule has 8 heteroatoms. The zero-order valence-corrected chi connectivity index (χ0v) is 21.6. The Bertz CT molecular complexity index is 1040. The van der Waals surface area contributed by atoms with Crippen LogP contribution in [0.25, 0.3) is 0 Å². The van der Waals surface area contributed by atoms with E-state index < -0.39 is 22.0 Å². The van der Waals surface area contributed by atoms with Crippen LogP contribution in [0.1, 0.15) is 38.8 Å². The number of amides is 2. The Kier molecular flexibility index (Phi) is 10.1. The highest BCUT2D eigenvalue weighted by Crippen LogP contribution is 2.19. The van der Waals surface area contributed by atoms with Gasteiger partial charge in [-0.3, -0.25) is 13.9 Å². The van der Waals surface area contributed by atoms with Gasteiger partial charge in [0.2, 0.25) is 21.8 Å². The summed E-state index contributed by atoms with van der Waals surface area (Å²) in [5.41, 5.74) is 2.53. The van der Waals surface area contributed by atoms with Gasteiger partial charge in [-0.05, 0) is 48.9 Å². The van der Waals surface area contributed by atoms with E-state index in [1.807, 2.05) is 63.2 Å². The fraction of sp³-hybridized carbons (Fsp3) is 0.462. The van der Waals surface area contributed by atoms with E-state index in [1.54, 1.807) is 19.1 Å². The second kappa shape index (κ2) is 12.6. The number of sulfonamides is 1. The van der Waals surface area contributed by atoms with Crippen molar-refractivity contribution in [3.05, 3.63) is 65.7 Å². The van der Waals surface area contributed by atoms with Crippen LogP contribution in [0.4, 0.5) is 5.69 Å². The predicted octanol–water partition coefficient (Wildman–Crippen LogP) is 3.25. The Balaban J connectivity index is 2.28. The highest BCUT2D eigenvalue weighted by atomic mass is 32.2. The van der Waals surface area contributed by atoms with Crippen LogP contribution < -0.4 is 9.62 Å². The van der Waals surface area contributed by atoms with Crippen LogP contribution in [0.3, 0.4) is 0 Å². The third-order valence-corrected chi connectivity index (χ3v) is 6.79. The molecule has 0 bridgehead atoms. The third kappa shape index (κ3) is 8.17. The molecule has 0 unspecified atom stereocenters. The Labute approximate surface area is 204 Å². The summed E-state index contributed by atoms with van der Waals surface area (Å²) in [4.78, 5) is 27.7. The van der Waals surface area contributed by atoms with E-state index in [2.05, 4.69) is 5.32 Å². The summed E-state index contributed by atoms with van der Waals surface area (Å²) in [6.45, 7) is 8.12. The van der Waals surface area contributed by atoms with Gasteiger partial charge < -0.3 is 10.2 Å². The molecular weight excluding hydrogens is 450 g/mol. The van der Waals surface area contributed by atoms with Crippen LogP contribution in [-0.2, 0) is 32.5 Å². The van der Waals surface area contributed by atoms with Gasteiger partial charge >= 0.3 is 0 Å². The van der Waals surface area contributed by atoms with Crippen molar-refractivity contribution in [3.63, 3.8) is 0 Å². The zero-order valence-electron chi connectivity index (χ0n) is 20.8. The lowest BCUT2D eigenvalue weighted by Gasteiger charge is -2.31. The van der Waals surface area contributed by atoms with Crippen LogP contribution in [0.5, 0.6) is 0 Å². The van der Waals surface area contributed by atoms with Gasteiger partial charge in [0, 0.05) is 13.1 Å². The molecule has 0 aliphatic heterocycles. The van der Waals surface area contributed by atoms with Crippen molar-refractivity contribution in [2.24, 2.45) is 5.92 Å². The molecule has 0 aromatic heterocycles. The maximum atomic E-state index is 13.4. The van der Waals surface area contributed by atoms with E-state index >= 15 is 0 Å². The van der Waals surface area contributed by atoms with Gasteiger partial charge in [-0.25, -0.2) is 8.42 Å². The van der Waals surface area contributed by atoms with Gasteiger partial charge in [0.05, 0.1) is 11.9 Å². The molecule has 0 spiro atoms. The number of carbonyl (C=O) groups excluding carboxylic acids is 2. The van der Waals surface area contributed by atoms with E-state index in [-0.39, 0.29) is 18.4 Å². The molecule has 1 atom stereocenters. The van der Waals surface area contributed by atoms with E-state index in [4.69, 9.17) is 0 Å². The van der Waals surface area contributed by atoms with Crippen molar-refractivity contribution < 1.29 is 18.0 Å². The van der Waals surface area contributed by atoms with Crippen molar-refractivity contribution >= 4 is 27.5 Å². The highest BCUT2D eigenvalue weighted by Gasteiger charge is 2.29. The minimum absolute atomic E-state index is 0.256. The molecule has 0 fully saturated rings. The van der Waals surface area contributed by atoms with Gasteiger partial charge in [-0.1, -0.05) is 63.2 Å². The number of rotatable bonds is 12. The molecule has 0 saturated carbocycles. The number of nitrogens with one attached hydrogen (secondary N) is 1. The minimum Gasteiger partial charge on any atom is -0.354 e. The summed E-state index contributed by atoms with van der Waals surface area (Å²) >= 11 is 0. The molecule has 0 saturated heterocycles. The van der Waals surface area contributed by atoms with E-state index in [0.29, 0.717) is 25.2 Å². The molecule has 2 aromatic carbocycles. The van der Waals surface area contributed by atoms with E-state index in [9.17, 15) is 18.0 Å². The van der Waals surface area contributed by atoms with Gasteiger partial charge in [-0.15, -0.1) is 0 Å². The summed E-state index contributed by atoms with van der Waals surface area (Å²) in [6, 6.07) is 16.1. The second-order valence-corrected chi connectivity index (χ2v) is 10.8. The summed E-state index contributed by atoms with van der Waals surface area (Å²) in [7, 11) is -3.72. The summed E-state index contributed by atoms with van der Waals surface area (Å²) in [5.74, 6) is -0.405. The maximum absolute atomic E-state index is 13.4. The summed E-state index contributed by atoms with van der Waals surface area (Å²) in [5, 5.41) is 2.88. The molecule has 2 rings (SSSR count). The van der Waals surface area contributed by atoms with Crippen LogP contribution in [0.15, 0.2) is 54.6 Å². The summed E-state index contributed by atoms with van der Waals surface area (Å²) in [6.07, 6.45) is 2.47. The Hall–Kier alpha value is -2.87. The van der Waals surface area contributed by atoms with Gasteiger partial charge in [-0.2, -0.15) is 0 Å². The standard InChI is InChI=1S/C26H37N3O4S/c1-6-22-12-14-24(15-13-22)29(34(5,32)33)19-25(30)28(17-16-23-10-8-7-9-11-23)21(4)26(31)27-18-20(2)3/h7-15,20-21H,6,16-19H2,1-5H3,(H,27,31)/t21-/m0/s1. The summed E-state index contributed by atoms with van der Waals surface area (Å²) < 4.78 is 26.3. The fourth-order valence-corrected chi connectivity index (χ4v) is 4.38. The Morgan fingerprint density at radius 2 is 1.56 bits per heavy atom. The number of carbonyl (C=O) groups is 2. The van der Waals surface area contributed by atoms with Gasteiger partial charge in [0.25, 0.3) is 0 Å². The lowest BCUT2D eigenvalue weighted by molar-refractivity contribution is -0.138. The molecule has 7 nitrogen and oxygen atoms in total. The van der Waals surface area contributed by atoms with Gasteiger partial charge in [0.15, 0.2) is 0 Å². The average Bonchev–Trinajstić information content (AvgIpc) is 2.81. The Morgan fingerprint density at radius 3 is 2.09 bits per heavy atom. The molecule has 0 radical (unpaired) electrons. The van der Waals surface area contributed by atoms with Crippen molar-refractivity contribution in [2.45, 2.75) is 46.6 Å². The quantitative estimate of drug-likeness (QED) is 0.498. The van der Waals surface area contributed by atoms with Crippen LogP contribution >= 0.6 is 0 Å². The van der Waals surface area contributed by atoms with Crippen molar-refractivity contribution in [1.29, 1.82) is 0 Å². The number of hydrogen-bond donors (Lipinski definition) is 1. The molecular formula is C26H37N3O4S. The fourth-order valence-electron chi connectivity index (χ4n) is 3.53. The topological polar surface area (TPSA) is 86.8 Å². The largest absolute Gasteiger partial charge is 0.354 e. The SMILES string of the molecule is CCc1ccc(N(CC(=O)N(CCc2ccccc2)[C@@H](C)C(=O)NCC(C)C)S(C)(=O)=O)cc1. The molecule has 0 aliphatic rings. The lowest BCUT2D eigenvalue weighted by atomic mass is 10.1. The van der Waals surface area contributed by atoms with Crippen LogP contribution in [-0.4, -0.2) is 57.1 Å². The molecule has 0 heterocycles. The van der Waals surface area contributed by atoms with E-state index in [1.165, 1.54) is 4.90 Å². The number of nitrogens with zero attached hydrogens (tertiary/aromatic N) is 2. The van der Waals surface area contributed by atoms with Gasteiger partial charge in [0.1, 0.15) is 12.6 Å². The van der Waals surface area contributed by atoms with E-state index in [0.717, 1.165) is 28.1 Å². The predicted molar refractivity (Wildman–Crippen MR) is 137 cm³/mol. The number of aryl methyl sites for hydroxylation is 1. The maximum Gasteiger partial charge on any atom is 0.244 e. The lowest BCUT2D eigenvalue weighted by Crippen LogP contribution is -2.52. The smallest absolute Gasteiger partial charge is 0.244 e. The first-order chi connectivity index (χ1) is 16.0. The Morgan fingerprint density at radius 1 is 0.941 bits per heavy atom. The molecule has 2 amide bonds. The normalized spacial score (nSPS) is 12.3. The molecule has 186 valence electrons. The van der Waals surface area contributed by atoms with Crippen molar-refractivity contribution in [1.82, 2.24) is 10.2 Å². The first kappa shape index (κ1) is 27.4. The monoisotopic (exact) mass is 487 g/mol. The van der Waals surface area contributed by atoms with Crippen molar-refractivity contribution in [2.75, 3.05) is 30.2 Å². The number of anilines is 1. The first-order valence-electron chi connectivity index (χ1n) is 11.7. The van der Waals surface area contributed by atoms with Crippen LogP contribution in [0, 0.1) is 5.92 Å². The molecule has 1 N–H and O–H groups in total. The third-order valence-electron chi connectivity index (χ3n) is 5.65. The molecule has 0 aliphatic carbocycles. The van der Waals surface area contributed by atoms with Crippen molar-refractivity contribution in [3.8, 4) is 0 Å². The number of benzene rings is 2.